The van der Waals surface area contributed by atoms with Gasteiger partial charge in [-0.05, 0) is 20.3 Å². The fourth-order valence-electron chi connectivity index (χ4n) is 1.12. The largest absolute Gasteiger partial charge is 0.465 e. The van der Waals surface area contributed by atoms with Crippen molar-refractivity contribution in [2.45, 2.75) is 45.6 Å². The number of hydrogen-bond donors (Lipinski definition) is 0. The molecule has 5 heteroatoms. The Morgan fingerprint density at radius 3 is 2.58 bits per heavy atom. The summed E-state index contributed by atoms with van der Waals surface area (Å²) in [6.45, 7) is 4.98. The number of carbonyl (C=O) groups is 2. The summed E-state index contributed by atoms with van der Waals surface area (Å²) in [6.07, 6.45) is 5.82. The second kappa shape index (κ2) is 8.16. The molecule has 0 aliphatic carbocycles. The van der Waals surface area contributed by atoms with Gasteiger partial charge in [0.15, 0.2) is 5.60 Å². The molecule has 0 saturated carbocycles. The number of ether oxygens (including phenoxy) is 2. The Morgan fingerprint density at radius 2 is 2.05 bits per heavy atom. The summed E-state index contributed by atoms with van der Waals surface area (Å²) in [5, 5.41) is 8.28. The lowest BCUT2D eigenvalue weighted by atomic mass is 10.1. The second-order valence-corrected chi connectivity index (χ2v) is 4.64. The van der Waals surface area contributed by atoms with Crippen LogP contribution in [0.2, 0.25) is 0 Å². The van der Waals surface area contributed by atoms with Crippen molar-refractivity contribution >= 4 is 11.9 Å². The highest BCUT2D eigenvalue weighted by Gasteiger charge is 2.24. The molecule has 1 unspecified atom stereocenters. The third-order valence-corrected chi connectivity index (χ3v) is 2.36. The lowest BCUT2D eigenvalue weighted by Crippen LogP contribution is -2.29. The topological polar surface area (TPSA) is 76.4 Å². The van der Waals surface area contributed by atoms with Crippen LogP contribution in [-0.2, 0) is 19.1 Å². The van der Waals surface area contributed by atoms with Crippen LogP contribution >= 0.6 is 0 Å². The lowest BCUT2D eigenvalue weighted by Gasteiger charge is -2.21. The Balaban J connectivity index is 4.02. The maximum Gasteiger partial charge on any atom is 0.310 e. The van der Waals surface area contributed by atoms with Gasteiger partial charge in [-0.15, -0.1) is 6.42 Å². The molecule has 0 bridgehead atoms. The zero-order chi connectivity index (χ0) is 14.9. The molecule has 0 saturated heterocycles. The Kier molecular flexibility index (Phi) is 7.29. The van der Waals surface area contributed by atoms with Crippen molar-refractivity contribution < 1.29 is 19.1 Å². The number of hydrogen-bond acceptors (Lipinski definition) is 5. The maximum absolute atomic E-state index is 11.7. The van der Waals surface area contributed by atoms with Gasteiger partial charge in [-0.2, -0.15) is 5.26 Å². The van der Waals surface area contributed by atoms with E-state index in [0.717, 1.165) is 0 Å². The van der Waals surface area contributed by atoms with E-state index in [1.165, 1.54) is 0 Å². The molecule has 0 aromatic heterocycles. The van der Waals surface area contributed by atoms with Crippen molar-refractivity contribution in [2.24, 2.45) is 5.92 Å². The van der Waals surface area contributed by atoms with Crippen LogP contribution in [0.3, 0.4) is 0 Å². The molecule has 5 nitrogen and oxygen atoms in total. The zero-order valence-electron chi connectivity index (χ0n) is 11.6. The number of terminal acetylenes is 1. The lowest BCUT2D eigenvalue weighted by molar-refractivity contribution is -0.156. The molecule has 0 spiro atoms. The number of carbonyl (C=O) groups excluding carboxylic acids is 2. The minimum absolute atomic E-state index is 0.0816. The summed E-state index contributed by atoms with van der Waals surface area (Å²) in [6, 6.07) is 1.87. The highest BCUT2D eigenvalue weighted by Crippen LogP contribution is 2.15. The monoisotopic (exact) mass is 265 g/mol. The standard InChI is InChI=1S/C14H19NO4/c1-5-14(3,4)19-13(17)11(2)7-8-12(16)18-10-6-9-15/h1,11H,6-8,10H2,2-4H3. The van der Waals surface area contributed by atoms with E-state index in [1.807, 2.05) is 6.07 Å². The summed E-state index contributed by atoms with van der Waals surface area (Å²) in [4.78, 5) is 22.9. The Morgan fingerprint density at radius 1 is 1.42 bits per heavy atom. The number of esters is 2. The van der Waals surface area contributed by atoms with E-state index in [4.69, 9.17) is 21.2 Å². The Bertz CT molecular complexity index is 401. The average Bonchev–Trinajstić information content (AvgIpc) is 2.35. The van der Waals surface area contributed by atoms with E-state index in [2.05, 4.69) is 5.92 Å². The first-order valence-corrected chi connectivity index (χ1v) is 6.05. The average molecular weight is 265 g/mol. The normalized spacial score (nSPS) is 11.8. The van der Waals surface area contributed by atoms with Gasteiger partial charge in [-0.1, -0.05) is 12.8 Å². The molecule has 0 fully saturated rings. The quantitative estimate of drug-likeness (QED) is 0.398. The van der Waals surface area contributed by atoms with Crippen LogP contribution in [0.4, 0.5) is 0 Å². The smallest absolute Gasteiger partial charge is 0.310 e. The Labute approximate surface area is 113 Å². The van der Waals surface area contributed by atoms with Crippen molar-refractivity contribution in [1.29, 1.82) is 5.26 Å². The van der Waals surface area contributed by atoms with Gasteiger partial charge in [0.1, 0.15) is 6.61 Å². The van der Waals surface area contributed by atoms with Crippen molar-refractivity contribution in [1.82, 2.24) is 0 Å². The second-order valence-electron chi connectivity index (χ2n) is 4.64. The predicted octanol–water partition coefficient (Wildman–Crippen LogP) is 1.81. The van der Waals surface area contributed by atoms with Crippen molar-refractivity contribution in [3.8, 4) is 18.4 Å². The third-order valence-electron chi connectivity index (χ3n) is 2.36. The molecule has 0 rings (SSSR count). The van der Waals surface area contributed by atoms with Crippen LogP contribution < -0.4 is 0 Å². The molecule has 0 aromatic rings. The van der Waals surface area contributed by atoms with E-state index in [1.54, 1.807) is 20.8 Å². The van der Waals surface area contributed by atoms with E-state index in [-0.39, 0.29) is 19.4 Å². The van der Waals surface area contributed by atoms with Gasteiger partial charge in [-0.25, -0.2) is 0 Å². The molecule has 0 heterocycles. The first kappa shape index (κ1) is 17.0. The molecule has 1 atom stereocenters. The molecule has 0 aromatic carbocycles. The molecule has 19 heavy (non-hydrogen) atoms. The SMILES string of the molecule is C#CC(C)(C)OC(=O)C(C)CCC(=O)OCCC#N. The first-order valence-electron chi connectivity index (χ1n) is 6.05. The first-order chi connectivity index (χ1) is 8.82. The van der Waals surface area contributed by atoms with Gasteiger partial charge >= 0.3 is 11.9 Å². The number of nitriles is 1. The molecule has 0 amide bonds. The predicted molar refractivity (Wildman–Crippen MR) is 68.6 cm³/mol. The van der Waals surface area contributed by atoms with Crippen molar-refractivity contribution in [3.63, 3.8) is 0 Å². The van der Waals surface area contributed by atoms with Crippen molar-refractivity contribution in [3.05, 3.63) is 0 Å². The van der Waals surface area contributed by atoms with Gasteiger partial charge in [0, 0.05) is 6.42 Å². The van der Waals surface area contributed by atoms with Gasteiger partial charge in [0.05, 0.1) is 18.4 Å². The van der Waals surface area contributed by atoms with Gasteiger partial charge in [0.25, 0.3) is 0 Å². The van der Waals surface area contributed by atoms with Gasteiger partial charge in [-0.3, -0.25) is 9.59 Å². The van der Waals surface area contributed by atoms with Crippen LogP contribution in [0, 0.1) is 29.6 Å². The van der Waals surface area contributed by atoms with Crippen molar-refractivity contribution in [2.75, 3.05) is 6.61 Å². The summed E-state index contributed by atoms with van der Waals surface area (Å²) >= 11 is 0. The third kappa shape index (κ3) is 7.83. The minimum atomic E-state index is -0.946. The maximum atomic E-state index is 11.7. The van der Waals surface area contributed by atoms with Crippen LogP contribution in [-0.4, -0.2) is 24.1 Å². The molecule has 0 radical (unpaired) electrons. The highest BCUT2D eigenvalue weighted by atomic mass is 16.6. The summed E-state index contributed by atoms with van der Waals surface area (Å²) in [7, 11) is 0. The van der Waals surface area contributed by atoms with E-state index in [0.29, 0.717) is 6.42 Å². The molecule has 0 N–H and O–H groups in total. The van der Waals surface area contributed by atoms with E-state index in [9.17, 15) is 9.59 Å². The fraction of sp³-hybridized carbons (Fsp3) is 0.643. The van der Waals surface area contributed by atoms with Crippen LogP contribution in [0.5, 0.6) is 0 Å². The highest BCUT2D eigenvalue weighted by molar-refractivity contribution is 5.74. The molecule has 104 valence electrons. The van der Waals surface area contributed by atoms with E-state index >= 15 is 0 Å². The van der Waals surface area contributed by atoms with Crippen LogP contribution in [0.15, 0.2) is 0 Å². The van der Waals surface area contributed by atoms with Gasteiger partial charge in [0.2, 0.25) is 0 Å². The molecular formula is C14H19NO4. The number of rotatable bonds is 7. The summed E-state index contributed by atoms with van der Waals surface area (Å²) < 4.78 is 9.90. The Hall–Kier alpha value is -2.01. The zero-order valence-corrected chi connectivity index (χ0v) is 11.6. The minimum Gasteiger partial charge on any atom is -0.465 e. The molecule has 0 aliphatic rings. The van der Waals surface area contributed by atoms with Crippen LogP contribution in [0.25, 0.3) is 0 Å². The number of nitrogens with zero attached hydrogens (tertiary/aromatic N) is 1. The summed E-state index contributed by atoms with van der Waals surface area (Å²) in [5.74, 6) is 1.06. The van der Waals surface area contributed by atoms with Crippen LogP contribution in [0.1, 0.15) is 40.0 Å². The molecular weight excluding hydrogens is 246 g/mol. The molecule has 0 aliphatic heterocycles. The van der Waals surface area contributed by atoms with E-state index < -0.39 is 23.5 Å². The van der Waals surface area contributed by atoms with Gasteiger partial charge < -0.3 is 9.47 Å². The fourth-order valence-corrected chi connectivity index (χ4v) is 1.12. The summed E-state index contributed by atoms with van der Waals surface area (Å²) in [5.41, 5.74) is -0.946.